The van der Waals surface area contributed by atoms with Gasteiger partial charge >= 0.3 is 0 Å². The van der Waals surface area contributed by atoms with Crippen LogP contribution in [0.25, 0.3) is 0 Å². The normalized spacial score (nSPS) is 20.8. The third-order valence-electron chi connectivity index (χ3n) is 3.53. The zero-order valence-corrected chi connectivity index (χ0v) is 9.33. The van der Waals surface area contributed by atoms with E-state index >= 15 is 0 Å². The predicted molar refractivity (Wildman–Crippen MR) is 58.8 cm³/mol. The minimum Gasteiger partial charge on any atom is -0.504 e. The molecule has 0 saturated heterocycles. The number of phenolic OH excluding ortho intramolecular Hbond substituents is 1. The average Bonchev–Trinajstić information content (AvgIpc) is 2.31. The standard InChI is InChI=1S/C12H14FNO3/c13-9-10(15)7(12(14)2-1-3-12)6-8-11(9)17-5-4-16-8/h6,15H,1-5,14H2. The fourth-order valence-corrected chi connectivity index (χ4v) is 2.34. The number of rotatable bonds is 1. The zero-order valence-electron chi connectivity index (χ0n) is 9.33. The van der Waals surface area contributed by atoms with Crippen molar-refractivity contribution in [3.8, 4) is 17.2 Å². The van der Waals surface area contributed by atoms with Crippen molar-refractivity contribution in [3.63, 3.8) is 0 Å². The summed E-state index contributed by atoms with van der Waals surface area (Å²) in [7, 11) is 0. The first kappa shape index (κ1) is 10.7. The van der Waals surface area contributed by atoms with Gasteiger partial charge < -0.3 is 20.3 Å². The highest BCUT2D eigenvalue weighted by atomic mass is 19.1. The van der Waals surface area contributed by atoms with Gasteiger partial charge in [-0.15, -0.1) is 0 Å². The molecule has 0 amide bonds. The minimum atomic E-state index is -0.770. The highest BCUT2D eigenvalue weighted by Gasteiger charge is 2.39. The van der Waals surface area contributed by atoms with Gasteiger partial charge in [0.2, 0.25) is 11.6 Å². The van der Waals surface area contributed by atoms with E-state index in [1.54, 1.807) is 6.07 Å². The van der Waals surface area contributed by atoms with E-state index in [1.807, 2.05) is 0 Å². The molecule has 0 bridgehead atoms. The second-order valence-corrected chi connectivity index (χ2v) is 4.62. The number of halogens is 1. The van der Waals surface area contributed by atoms with Gasteiger partial charge in [0.15, 0.2) is 11.5 Å². The van der Waals surface area contributed by atoms with Crippen molar-refractivity contribution in [1.82, 2.24) is 0 Å². The van der Waals surface area contributed by atoms with Crippen molar-refractivity contribution in [1.29, 1.82) is 0 Å². The fourth-order valence-electron chi connectivity index (χ4n) is 2.34. The molecule has 4 nitrogen and oxygen atoms in total. The molecule has 0 spiro atoms. The number of fused-ring (bicyclic) bond motifs is 1. The molecule has 1 heterocycles. The molecule has 1 aliphatic carbocycles. The lowest BCUT2D eigenvalue weighted by atomic mass is 9.72. The van der Waals surface area contributed by atoms with Gasteiger partial charge in [0.1, 0.15) is 13.2 Å². The molecule has 0 aromatic heterocycles. The van der Waals surface area contributed by atoms with Crippen LogP contribution >= 0.6 is 0 Å². The second kappa shape index (κ2) is 3.50. The van der Waals surface area contributed by atoms with Crippen LogP contribution < -0.4 is 15.2 Å². The van der Waals surface area contributed by atoms with Gasteiger partial charge in [-0.2, -0.15) is 4.39 Å². The lowest BCUT2D eigenvalue weighted by molar-refractivity contribution is 0.159. The van der Waals surface area contributed by atoms with Gasteiger partial charge in [0.05, 0.1) is 0 Å². The Morgan fingerprint density at radius 3 is 2.65 bits per heavy atom. The molecule has 2 aliphatic rings. The average molecular weight is 239 g/mol. The Balaban J connectivity index is 2.13. The van der Waals surface area contributed by atoms with Gasteiger partial charge in [-0.05, 0) is 25.3 Å². The quantitative estimate of drug-likeness (QED) is 0.782. The zero-order chi connectivity index (χ0) is 12.0. The highest BCUT2D eigenvalue weighted by molar-refractivity contribution is 5.54. The molecule has 1 aromatic rings. The number of hydrogen-bond acceptors (Lipinski definition) is 4. The highest BCUT2D eigenvalue weighted by Crippen LogP contribution is 2.48. The Hall–Kier alpha value is -1.49. The van der Waals surface area contributed by atoms with Crippen LogP contribution in [0, 0.1) is 5.82 Å². The van der Waals surface area contributed by atoms with Gasteiger partial charge in [-0.1, -0.05) is 0 Å². The van der Waals surface area contributed by atoms with Crippen molar-refractivity contribution < 1.29 is 19.0 Å². The number of benzene rings is 1. The van der Waals surface area contributed by atoms with Crippen molar-refractivity contribution >= 4 is 0 Å². The summed E-state index contributed by atoms with van der Waals surface area (Å²) in [6, 6.07) is 1.60. The summed E-state index contributed by atoms with van der Waals surface area (Å²) in [5.41, 5.74) is 5.90. The summed E-state index contributed by atoms with van der Waals surface area (Å²) in [5.74, 6) is -0.857. The smallest absolute Gasteiger partial charge is 0.210 e. The van der Waals surface area contributed by atoms with E-state index in [1.165, 1.54) is 0 Å². The number of hydrogen-bond donors (Lipinski definition) is 2. The van der Waals surface area contributed by atoms with Gasteiger partial charge in [0.25, 0.3) is 0 Å². The molecular weight excluding hydrogens is 225 g/mol. The molecule has 92 valence electrons. The minimum absolute atomic E-state index is 0.0135. The van der Waals surface area contributed by atoms with E-state index in [4.69, 9.17) is 15.2 Å². The van der Waals surface area contributed by atoms with Crippen molar-refractivity contribution in [2.24, 2.45) is 5.73 Å². The first-order valence-corrected chi connectivity index (χ1v) is 5.72. The van der Waals surface area contributed by atoms with E-state index in [9.17, 15) is 9.50 Å². The molecule has 0 atom stereocenters. The van der Waals surface area contributed by atoms with E-state index in [-0.39, 0.29) is 12.4 Å². The molecule has 1 aliphatic heterocycles. The molecule has 5 heteroatoms. The fraction of sp³-hybridized carbons (Fsp3) is 0.500. The van der Waals surface area contributed by atoms with Crippen LogP contribution in [0.2, 0.25) is 0 Å². The first-order chi connectivity index (χ1) is 8.12. The van der Waals surface area contributed by atoms with E-state index in [0.29, 0.717) is 17.9 Å². The van der Waals surface area contributed by atoms with E-state index in [0.717, 1.165) is 19.3 Å². The van der Waals surface area contributed by atoms with E-state index in [2.05, 4.69) is 0 Å². The molecular formula is C12H14FNO3. The summed E-state index contributed by atoms with van der Waals surface area (Å²) in [6.45, 7) is 0.671. The second-order valence-electron chi connectivity index (χ2n) is 4.62. The molecule has 1 aromatic carbocycles. The van der Waals surface area contributed by atoms with Crippen molar-refractivity contribution in [2.45, 2.75) is 24.8 Å². The molecule has 1 fully saturated rings. The molecule has 3 rings (SSSR count). The van der Waals surface area contributed by atoms with Crippen LogP contribution in [0.4, 0.5) is 4.39 Å². The topological polar surface area (TPSA) is 64.7 Å². The summed E-state index contributed by atoms with van der Waals surface area (Å²) >= 11 is 0. The SMILES string of the molecule is NC1(c2cc3c(c(F)c2O)OCCO3)CCC1. The first-order valence-electron chi connectivity index (χ1n) is 5.72. The van der Waals surface area contributed by atoms with Crippen LogP contribution in [-0.2, 0) is 5.54 Å². The third kappa shape index (κ3) is 1.45. The lowest BCUT2D eigenvalue weighted by Crippen LogP contribution is -2.43. The van der Waals surface area contributed by atoms with Gasteiger partial charge in [0, 0.05) is 11.1 Å². The Bertz CT molecular complexity index is 471. The van der Waals surface area contributed by atoms with Crippen LogP contribution in [0.1, 0.15) is 24.8 Å². The summed E-state index contributed by atoms with van der Waals surface area (Å²) in [5, 5.41) is 9.86. The molecule has 0 unspecified atom stereocenters. The Kier molecular flexibility index (Phi) is 2.19. The van der Waals surface area contributed by atoms with Gasteiger partial charge in [-0.25, -0.2) is 0 Å². The molecule has 0 radical (unpaired) electrons. The van der Waals surface area contributed by atoms with Crippen molar-refractivity contribution in [3.05, 3.63) is 17.4 Å². The Labute approximate surface area is 98.1 Å². The maximum Gasteiger partial charge on any atom is 0.210 e. The predicted octanol–water partition coefficient (Wildman–Crippen LogP) is 1.64. The Morgan fingerprint density at radius 1 is 1.29 bits per heavy atom. The number of nitrogens with two attached hydrogens (primary N) is 1. The van der Waals surface area contributed by atoms with Crippen LogP contribution in [0.15, 0.2) is 6.07 Å². The van der Waals surface area contributed by atoms with Crippen LogP contribution in [0.3, 0.4) is 0 Å². The maximum absolute atomic E-state index is 13.9. The monoisotopic (exact) mass is 239 g/mol. The summed E-state index contributed by atoms with van der Waals surface area (Å²) < 4.78 is 24.4. The number of ether oxygens (including phenoxy) is 2. The van der Waals surface area contributed by atoms with Crippen LogP contribution in [-0.4, -0.2) is 18.3 Å². The summed E-state index contributed by atoms with van der Waals surface area (Å²) in [6.07, 6.45) is 2.49. The maximum atomic E-state index is 13.9. The molecule has 1 saturated carbocycles. The molecule has 17 heavy (non-hydrogen) atoms. The van der Waals surface area contributed by atoms with Crippen molar-refractivity contribution in [2.75, 3.05) is 13.2 Å². The van der Waals surface area contributed by atoms with E-state index < -0.39 is 17.1 Å². The largest absolute Gasteiger partial charge is 0.504 e. The lowest BCUT2D eigenvalue weighted by Gasteiger charge is -2.39. The Morgan fingerprint density at radius 2 is 2.00 bits per heavy atom. The molecule has 3 N–H and O–H groups in total. The number of phenols is 1. The van der Waals surface area contributed by atoms with Crippen LogP contribution in [0.5, 0.6) is 17.2 Å². The summed E-state index contributed by atoms with van der Waals surface area (Å²) in [4.78, 5) is 0. The van der Waals surface area contributed by atoms with Gasteiger partial charge in [-0.3, -0.25) is 0 Å². The third-order valence-corrected chi connectivity index (χ3v) is 3.53. The number of aromatic hydroxyl groups is 1.